The zero-order valence-electron chi connectivity index (χ0n) is 12.6. The lowest BCUT2D eigenvalue weighted by Crippen LogP contribution is -2.45. The van der Waals surface area contributed by atoms with Gasteiger partial charge >= 0.3 is 0 Å². The van der Waals surface area contributed by atoms with Crippen molar-refractivity contribution >= 4 is 31.7 Å². The minimum absolute atomic E-state index is 0.0877. The van der Waals surface area contributed by atoms with E-state index in [2.05, 4.69) is 26.1 Å². The van der Waals surface area contributed by atoms with Crippen LogP contribution in [0.4, 0.5) is 0 Å². The van der Waals surface area contributed by atoms with Gasteiger partial charge in [0.05, 0.1) is 5.75 Å². The first-order valence-corrected chi connectivity index (χ1v) is 9.88. The van der Waals surface area contributed by atoms with Gasteiger partial charge in [0.2, 0.25) is 5.91 Å². The predicted octanol–water partition coefficient (Wildman–Crippen LogP) is 1.57. The highest BCUT2D eigenvalue weighted by atomic mass is 79.9. The summed E-state index contributed by atoms with van der Waals surface area (Å²) in [6, 6.07) is 7.21. The molecule has 22 heavy (non-hydrogen) atoms. The number of benzene rings is 1. The van der Waals surface area contributed by atoms with Gasteiger partial charge in [0.15, 0.2) is 9.84 Å². The highest BCUT2D eigenvalue weighted by molar-refractivity contribution is 9.10. The Balaban J connectivity index is 1.87. The number of amides is 1. The van der Waals surface area contributed by atoms with Crippen molar-refractivity contribution in [2.24, 2.45) is 0 Å². The predicted molar refractivity (Wildman–Crippen MR) is 90.3 cm³/mol. The van der Waals surface area contributed by atoms with E-state index in [-0.39, 0.29) is 11.8 Å². The summed E-state index contributed by atoms with van der Waals surface area (Å²) >= 11 is 3.31. The molecule has 1 aromatic carbocycles. The number of likely N-dealkylation sites (tertiary alicyclic amines) is 1. The van der Waals surface area contributed by atoms with Crippen LogP contribution in [-0.4, -0.2) is 51.2 Å². The molecule has 7 heteroatoms. The minimum atomic E-state index is -3.46. The first-order chi connectivity index (χ1) is 10.3. The van der Waals surface area contributed by atoms with E-state index < -0.39 is 21.5 Å². The second-order valence-electron chi connectivity index (χ2n) is 5.81. The molecule has 1 saturated heterocycles. The second-order valence-corrected chi connectivity index (χ2v) is 8.79. The van der Waals surface area contributed by atoms with Crippen molar-refractivity contribution < 1.29 is 13.2 Å². The molecule has 0 atom stereocenters. The molecule has 122 valence electrons. The third-order valence-corrected chi connectivity index (χ3v) is 5.68. The quantitative estimate of drug-likeness (QED) is 0.831. The molecule has 0 aromatic heterocycles. The van der Waals surface area contributed by atoms with Crippen molar-refractivity contribution in [1.82, 2.24) is 10.2 Å². The summed E-state index contributed by atoms with van der Waals surface area (Å²) in [6.45, 7) is 1.85. The van der Waals surface area contributed by atoms with Gasteiger partial charge in [-0.05, 0) is 50.7 Å². The molecule has 1 heterocycles. The zero-order valence-corrected chi connectivity index (χ0v) is 15.0. The third-order valence-electron chi connectivity index (χ3n) is 3.71. The number of nitrogens with zero attached hydrogens (tertiary/aromatic N) is 1. The number of hydrogen-bond acceptors (Lipinski definition) is 4. The number of carbonyl (C=O) groups excluding carboxylic acids is 1. The van der Waals surface area contributed by atoms with Crippen molar-refractivity contribution in [3.63, 3.8) is 0 Å². The zero-order chi connectivity index (χ0) is 16.2. The molecular weight excluding hydrogens is 368 g/mol. The van der Waals surface area contributed by atoms with Crippen LogP contribution in [0.2, 0.25) is 0 Å². The van der Waals surface area contributed by atoms with E-state index in [0.29, 0.717) is 5.56 Å². The highest BCUT2D eigenvalue weighted by Gasteiger charge is 2.22. The highest BCUT2D eigenvalue weighted by Crippen LogP contribution is 2.14. The van der Waals surface area contributed by atoms with Gasteiger partial charge in [-0.3, -0.25) is 4.79 Å². The molecule has 0 spiro atoms. The van der Waals surface area contributed by atoms with Crippen molar-refractivity contribution in [2.75, 3.05) is 25.9 Å². The molecule has 0 bridgehead atoms. The van der Waals surface area contributed by atoms with Crippen molar-refractivity contribution in [3.8, 4) is 0 Å². The van der Waals surface area contributed by atoms with Crippen LogP contribution in [0.25, 0.3) is 0 Å². The number of nitrogens with one attached hydrogen (secondary N) is 1. The van der Waals surface area contributed by atoms with Crippen LogP contribution in [0.1, 0.15) is 18.4 Å². The van der Waals surface area contributed by atoms with E-state index in [9.17, 15) is 13.2 Å². The maximum Gasteiger partial charge on any atom is 0.235 e. The summed E-state index contributed by atoms with van der Waals surface area (Å²) in [5, 5.41) is 2.84. The molecule has 2 rings (SSSR count). The molecule has 1 fully saturated rings. The summed E-state index contributed by atoms with van der Waals surface area (Å²) in [7, 11) is -1.41. The smallest absolute Gasteiger partial charge is 0.235 e. The number of halogens is 1. The van der Waals surface area contributed by atoms with Crippen LogP contribution >= 0.6 is 15.9 Å². The Hall–Kier alpha value is -0.920. The molecule has 0 radical (unpaired) electrons. The van der Waals surface area contributed by atoms with Crippen LogP contribution in [0.15, 0.2) is 28.7 Å². The van der Waals surface area contributed by atoms with Gasteiger partial charge in [-0.1, -0.05) is 28.1 Å². The van der Waals surface area contributed by atoms with Gasteiger partial charge in [0.25, 0.3) is 0 Å². The maximum absolute atomic E-state index is 12.1. The van der Waals surface area contributed by atoms with Crippen molar-refractivity contribution in [3.05, 3.63) is 34.3 Å². The minimum Gasteiger partial charge on any atom is -0.352 e. The summed E-state index contributed by atoms with van der Waals surface area (Å²) in [6.07, 6.45) is 1.74. The van der Waals surface area contributed by atoms with E-state index in [4.69, 9.17) is 0 Å². The van der Waals surface area contributed by atoms with E-state index in [1.54, 1.807) is 18.2 Å². The van der Waals surface area contributed by atoms with Gasteiger partial charge in [-0.15, -0.1) is 0 Å². The van der Waals surface area contributed by atoms with Crippen LogP contribution in [-0.2, 0) is 20.4 Å². The van der Waals surface area contributed by atoms with E-state index in [1.807, 2.05) is 13.1 Å². The lowest BCUT2D eigenvalue weighted by atomic mass is 10.1. The fraction of sp³-hybridized carbons (Fsp3) is 0.533. The SMILES string of the molecule is CN1CCC(NC(=O)CS(=O)(=O)Cc2cccc(Br)c2)CC1. The first kappa shape index (κ1) is 17.4. The van der Waals surface area contributed by atoms with E-state index >= 15 is 0 Å². The fourth-order valence-corrected chi connectivity index (χ4v) is 4.27. The lowest BCUT2D eigenvalue weighted by molar-refractivity contribution is -0.119. The first-order valence-electron chi connectivity index (χ1n) is 7.27. The number of hydrogen-bond donors (Lipinski definition) is 1. The lowest BCUT2D eigenvalue weighted by Gasteiger charge is -2.29. The largest absolute Gasteiger partial charge is 0.352 e. The fourth-order valence-electron chi connectivity index (χ4n) is 2.55. The maximum atomic E-state index is 12.1. The Kier molecular flexibility index (Phi) is 6.00. The molecule has 1 aliphatic heterocycles. The van der Waals surface area contributed by atoms with Gasteiger partial charge in [0.1, 0.15) is 5.75 Å². The topological polar surface area (TPSA) is 66.5 Å². The Labute approximate surface area is 140 Å². The molecule has 0 aliphatic carbocycles. The molecule has 5 nitrogen and oxygen atoms in total. The molecule has 1 amide bonds. The van der Waals surface area contributed by atoms with E-state index in [0.717, 1.165) is 30.4 Å². The van der Waals surface area contributed by atoms with Crippen LogP contribution in [0.5, 0.6) is 0 Å². The average Bonchev–Trinajstić information content (AvgIpc) is 2.40. The molecule has 0 saturated carbocycles. The van der Waals surface area contributed by atoms with Crippen molar-refractivity contribution in [1.29, 1.82) is 0 Å². The molecule has 1 aliphatic rings. The van der Waals surface area contributed by atoms with Crippen LogP contribution < -0.4 is 5.32 Å². The number of piperidine rings is 1. The third kappa shape index (κ3) is 5.70. The standard InChI is InChI=1S/C15H21BrN2O3S/c1-18-7-5-14(6-8-18)17-15(19)11-22(20,21)10-12-3-2-4-13(16)9-12/h2-4,9,14H,5-8,10-11H2,1H3,(H,17,19). The number of sulfone groups is 1. The van der Waals surface area contributed by atoms with Gasteiger partial charge in [-0.25, -0.2) is 8.42 Å². The molecular formula is C15H21BrN2O3S. The van der Waals surface area contributed by atoms with Gasteiger partial charge < -0.3 is 10.2 Å². The summed E-state index contributed by atoms with van der Waals surface area (Å²) in [4.78, 5) is 14.2. The summed E-state index contributed by atoms with van der Waals surface area (Å²) in [5.74, 6) is -0.969. The molecule has 0 unspecified atom stereocenters. The van der Waals surface area contributed by atoms with Gasteiger partial charge in [0, 0.05) is 10.5 Å². The molecule has 1 aromatic rings. The van der Waals surface area contributed by atoms with Crippen molar-refractivity contribution in [2.45, 2.75) is 24.6 Å². The number of rotatable bonds is 5. The Bertz CT molecular complexity index is 625. The summed E-state index contributed by atoms with van der Waals surface area (Å²) < 4.78 is 25.1. The average molecular weight is 389 g/mol. The summed E-state index contributed by atoms with van der Waals surface area (Å²) in [5.41, 5.74) is 0.682. The van der Waals surface area contributed by atoms with Crippen LogP contribution in [0, 0.1) is 0 Å². The Morgan fingerprint density at radius 3 is 2.68 bits per heavy atom. The Morgan fingerprint density at radius 2 is 2.05 bits per heavy atom. The van der Waals surface area contributed by atoms with Crippen LogP contribution in [0.3, 0.4) is 0 Å². The van der Waals surface area contributed by atoms with E-state index in [1.165, 1.54) is 0 Å². The Morgan fingerprint density at radius 1 is 1.36 bits per heavy atom. The molecule has 1 N–H and O–H groups in total. The normalized spacial score (nSPS) is 17.4. The monoisotopic (exact) mass is 388 g/mol. The second kappa shape index (κ2) is 7.57. The van der Waals surface area contributed by atoms with Gasteiger partial charge in [-0.2, -0.15) is 0 Å². The number of carbonyl (C=O) groups is 1.